The van der Waals surface area contributed by atoms with Crippen LogP contribution in [-0.4, -0.2) is 47.8 Å². The zero-order valence-corrected chi connectivity index (χ0v) is 13.5. The number of hydrogen-bond acceptors (Lipinski definition) is 3. The third-order valence-electron chi connectivity index (χ3n) is 4.73. The summed E-state index contributed by atoms with van der Waals surface area (Å²) in [6, 6.07) is 1.25. The molecule has 0 amide bonds. The fourth-order valence-corrected chi connectivity index (χ4v) is 4.01. The van der Waals surface area contributed by atoms with E-state index < -0.39 is 0 Å². The maximum atomic E-state index is 6.29. The molecule has 0 saturated carbocycles. The Morgan fingerprint density at radius 1 is 1.21 bits per heavy atom. The van der Waals surface area contributed by atoms with E-state index in [4.69, 9.17) is 4.74 Å². The lowest BCUT2D eigenvalue weighted by atomic mass is 9.89. The number of likely N-dealkylation sites (tertiary alicyclic amines) is 1. The first kappa shape index (κ1) is 15.3. The molecule has 0 aromatic carbocycles. The smallest absolute Gasteiger partial charge is 0.0789 e. The minimum Gasteiger partial charge on any atom is -0.368 e. The molecule has 0 aromatic rings. The van der Waals surface area contributed by atoms with Crippen LogP contribution in [0.2, 0.25) is 0 Å². The SMILES string of the molecule is CCNCC1CCCCN1C1CC(C)(C)OC1(C)C. The second kappa shape index (κ2) is 5.71. The number of ether oxygens (including phenoxy) is 1. The van der Waals surface area contributed by atoms with E-state index in [1.54, 1.807) is 0 Å². The summed E-state index contributed by atoms with van der Waals surface area (Å²) in [5, 5.41) is 3.54. The van der Waals surface area contributed by atoms with Gasteiger partial charge in [-0.05, 0) is 60.0 Å². The van der Waals surface area contributed by atoms with Crippen molar-refractivity contribution >= 4 is 0 Å². The van der Waals surface area contributed by atoms with Gasteiger partial charge >= 0.3 is 0 Å². The lowest BCUT2D eigenvalue weighted by Crippen LogP contribution is -2.55. The van der Waals surface area contributed by atoms with Crippen LogP contribution in [0.15, 0.2) is 0 Å². The van der Waals surface area contributed by atoms with Gasteiger partial charge in [0.05, 0.1) is 11.2 Å². The molecule has 0 bridgehead atoms. The predicted octanol–water partition coefficient (Wildman–Crippen LogP) is 2.80. The number of hydrogen-bond donors (Lipinski definition) is 1. The number of piperidine rings is 1. The van der Waals surface area contributed by atoms with Gasteiger partial charge in [-0.2, -0.15) is 0 Å². The Balaban J connectivity index is 2.09. The average Bonchev–Trinajstić information content (AvgIpc) is 2.55. The lowest BCUT2D eigenvalue weighted by Gasteiger charge is -2.44. The van der Waals surface area contributed by atoms with Crippen LogP contribution >= 0.6 is 0 Å². The third kappa shape index (κ3) is 3.50. The highest BCUT2D eigenvalue weighted by Gasteiger charge is 2.49. The number of likely N-dealkylation sites (N-methyl/N-ethyl adjacent to an activating group) is 1. The summed E-state index contributed by atoms with van der Waals surface area (Å²) in [6.45, 7) is 14.6. The van der Waals surface area contributed by atoms with Crippen LogP contribution in [0.3, 0.4) is 0 Å². The summed E-state index contributed by atoms with van der Waals surface area (Å²) >= 11 is 0. The minimum atomic E-state index is -0.0225. The maximum absolute atomic E-state index is 6.29. The van der Waals surface area contributed by atoms with Crippen LogP contribution in [0.5, 0.6) is 0 Å². The van der Waals surface area contributed by atoms with Gasteiger partial charge in [-0.25, -0.2) is 0 Å². The molecule has 0 spiro atoms. The Labute approximate surface area is 119 Å². The van der Waals surface area contributed by atoms with Gasteiger partial charge in [-0.15, -0.1) is 0 Å². The van der Waals surface area contributed by atoms with Crippen molar-refractivity contribution < 1.29 is 4.74 Å². The van der Waals surface area contributed by atoms with E-state index >= 15 is 0 Å². The fourth-order valence-electron chi connectivity index (χ4n) is 4.01. The molecule has 2 unspecified atom stereocenters. The zero-order chi connectivity index (χ0) is 14.1. The van der Waals surface area contributed by atoms with Gasteiger partial charge in [-0.1, -0.05) is 13.3 Å². The Morgan fingerprint density at radius 2 is 1.95 bits per heavy atom. The van der Waals surface area contributed by atoms with Crippen LogP contribution in [0, 0.1) is 0 Å². The Bertz CT molecular complexity index is 301. The van der Waals surface area contributed by atoms with Crippen molar-refractivity contribution in [3.05, 3.63) is 0 Å². The van der Waals surface area contributed by atoms with Gasteiger partial charge in [0, 0.05) is 18.6 Å². The molecule has 2 aliphatic heterocycles. The van der Waals surface area contributed by atoms with E-state index in [0.717, 1.165) is 19.5 Å². The Morgan fingerprint density at radius 3 is 2.53 bits per heavy atom. The maximum Gasteiger partial charge on any atom is 0.0789 e. The van der Waals surface area contributed by atoms with Gasteiger partial charge in [0.2, 0.25) is 0 Å². The molecular weight excluding hydrogens is 236 g/mol. The molecule has 19 heavy (non-hydrogen) atoms. The molecule has 0 aromatic heterocycles. The summed E-state index contributed by atoms with van der Waals surface area (Å²) in [7, 11) is 0. The molecule has 3 heteroatoms. The van der Waals surface area contributed by atoms with E-state index in [9.17, 15) is 0 Å². The van der Waals surface area contributed by atoms with E-state index in [1.807, 2.05) is 0 Å². The molecule has 112 valence electrons. The predicted molar refractivity (Wildman–Crippen MR) is 80.5 cm³/mol. The molecule has 2 rings (SSSR count). The van der Waals surface area contributed by atoms with Crippen molar-refractivity contribution in [3.63, 3.8) is 0 Å². The fraction of sp³-hybridized carbons (Fsp3) is 1.00. The molecular formula is C16H32N2O. The highest BCUT2D eigenvalue weighted by Crippen LogP contribution is 2.41. The van der Waals surface area contributed by atoms with Crippen LogP contribution in [0.1, 0.15) is 60.3 Å². The molecule has 0 radical (unpaired) electrons. The quantitative estimate of drug-likeness (QED) is 0.848. The van der Waals surface area contributed by atoms with Gasteiger partial charge in [-0.3, -0.25) is 4.90 Å². The number of rotatable bonds is 4. The summed E-state index contributed by atoms with van der Waals surface area (Å²) in [5.41, 5.74) is -0.000344. The van der Waals surface area contributed by atoms with Crippen molar-refractivity contribution in [2.75, 3.05) is 19.6 Å². The van der Waals surface area contributed by atoms with Gasteiger partial charge in [0.15, 0.2) is 0 Å². The summed E-state index contributed by atoms with van der Waals surface area (Å²) in [6.07, 6.45) is 5.21. The number of nitrogens with zero attached hydrogens (tertiary/aromatic N) is 1. The van der Waals surface area contributed by atoms with Gasteiger partial charge in [0.1, 0.15) is 0 Å². The molecule has 3 nitrogen and oxygen atoms in total. The molecule has 2 heterocycles. The summed E-state index contributed by atoms with van der Waals surface area (Å²) < 4.78 is 6.29. The van der Waals surface area contributed by atoms with Crippen LogP contribution < -0.4 is 5.32 Å². The highest BCUT2D eigenvalue weighted by molar-refractivity contribution is 5.02. The van der Waals surface area contributed by atoms with Gasteiger partial charge < -0.3 is 10.1 Å². The van der Waals surface area contributed by atoms with Crippen LogP contribution in [0.25, 0.3) is 0 Å². The zero-order valence-electron chi connectivity index (χ0n) is 13.5. The van der Waals surface area contributed by atoms with Crippen LogP contribution in [-0.2, 0) is 4.74 Å². The largest absolute Gasteiger partial charge is 0.368 e. The Kier molecular flexibility index (Phi) is 4.59. The topological polar surface area (TPSA) is 24.5 Å². The summed E-state index contributed by atoms with van der Waals surface area (Å²) in [4.78, 5) is 2.74. The molecule has 2 fully saturated rings. The van der Waals surface area contributed by atoms with E-state index in [1.165, 1.54) is 25.8 Å². The Hall–Kier alpha value is -0.120. The van der Waals surface area contributed by atoms with Crippen molar-refractivity contribution in [3.8, 4) is 0 Å². The summed E-state index contributed by atoms with van der Waals surface area (Å²) in [5.74, 6) is 0. The third-order valence-corrected chi connectivity index (χ3v) is 4.73. The second-order valence-electron chi connectivity index (χ2n) is 7.38. The molecule has 0 aliphatic carbocycles. The van der Waals surface area contributed by atoms with Gasteiger partial charge in [0.25, 0.3) is 0 Å². The van der Waals surface area contributed by atoms with Crippen LogP contribution in [0.4, 0.5) is 0 Å². The lowest BCUT2D eigenvalue weighted by molar-refractivity contribution is -0.0864. The molecule has 2 aliphatic rings. The first-order chi connectivity index (χ1) is 8.86. The number of nitrogens with one attached hydrogen (secondary N) is 1. The average molecular weight is 268 g/mol. The van der Waals surface area contributed by atoms with E-state index in [0.29, 0.717) is 12.1 Å². The van der Waals surface area contributed by atoms with Crippen molar-refractivity contribution in [1.82, 2.24) is 10.2 Å². The first-order valence-electron chi connectivity index (χ1n) is 8.02. The molecule has 2 atom stereocenters. The normalized spacial score (nSPS) is 34.6. The first-order valence-corrected chi connectivity index (χ1v) is 8.02. The standard InChI is InChI=1S/C16H32N2O/c1-6-17-12-13-9-7-8-10-18(13)14-11-15(2,3)19-16(14,4)5/h13-14,17H,6-12H2,1-5H3. The highest BCUT2D eigenvalue weighted by atomic mass is 16.5. The monoisotopic (exact) mass is 268 g/mol. The van der Waals surface area contributed by atoms with Crippen molar-refractivity contribution in [2.24, 2.45) is 0 Å². The van der Waals surface area contributed by atoms with E-state index in [-0.39, 0.29) is 11.2 Å². The molecule has 1 N–H and O–H groups in total. The van der Waals surface area contributed by atoms with Crippen molar-refractivity contribution in [1.29, 1.82) is 0 Å². The minimum absolute atomic E-state index is 0.0222. The van der Waals surface area contributed by atoms with Crippen molar-refractivity contribution in [2.45, 2.75) is 83.6 Å². The second-order valence-corrected chi connectivity index (χ2v) is 7.38. The van der Waals surface area contributed by atoms with E-state index in [2.05, 4.69) is 44.8 Å². The molecule has 2 saturated heterocycles.